The molecule has 1 heterocycles. The van der Waals surface area contributed by atoms with Gasteiger partial charge in [0.2, 0.25) is 0 Å². The normalized spacial score (nSPS) is 10.2. The highest BCUT2D eigenvalue weighted by Gasteiger charge is 2.06. The minimum atomic E-state index is 0.566. The summed E-state index contributed by atoms with van der Waals surface area (Å²) in [6.07, 6.45) is 0. The summed E-state index contributed by atoms with van der Waals surface area (Å²) in [5, 5.41) is 0. The summed E-state index contributed by atoms with van der Waals surface area (Å²) in [5.74, 6) is 2.17. The van der Waals surface area contributed by atoms with Gasteiger partial charge in [-0.2, -0.15) is 0 Å². The average molecular weight is 262 g/mol. The van der Waals surface area contributed by atoms with Crippen LogP contribution >= 0.6 is 12.2 Å². The molecule has 94 valence electrons. The molecule has 2 rings (SSSR count). The van der Waals surface area contributed by atoms with Crippen molar-refractivity contribution in [1.82, 2.24) is 9.97 Å². The molecule has 2 aromatic rings. The smallest absolute Gasteiger partial charge is 0.161 e. The largest absolute Gasteiger partial charge is 0.493 e. The Kier molecular flexibility index (Phi) is 3.62. The van der Waals surface area contributed by atoms with E-state index in [2.05, 4.69) is 9.97 Å². The average Bonchev–Trinajstić information content (AvgIpc) is 2.36. The molecular formula is C13H14N2O2S. The molecule has 18 heavy (non-hydrogen) atoms. The van der Waals surface area contributed by atoms with Crippen LogP contribution in [-0.2, 0) is 0 Å². The van der Waals surface area contributed by atoms with Gasteiger partial charge in [-0.15, -0.1) is 0 Å². The number of aromatic nitrogens is 2. The molecule has 0 aliphatic rings. The maximum Gasteiger partial charge on any atom is 0.161 e. The number of nitrogens with one attached hydrogen (secondary N) is 1. The molecule has 4 nitrogen and oxygen atoms in total. The second-order valence-corrected chi connectivity index (χ2v) is 4.21. The van der Waals surface area contributed by atoms with E-state index >= 15 is 0 Å². The molecule has 0 spiro atoms. The lowest BCUT2D eigenvalue weighted by molar-refractivity contribution is 0.355. The van der Waals surface area contributed by atoms with Crippen LogP contribution in [0.4, 0.5) is 0 Å². The summed E-state index contributed by atoms with van der Waals surface area (Å²) in [4.78, 5) is 7.32. The number of ether oxygens (including phenoxy) is 2. The number of H-pyrrole nitrogens is 1. The van der Waals surface area contributed by atoms with Gasteiger partial charge in [-0.1, -0.05) is 12.2 Å². The van der Waals surface area contributed by atoms with Crippen LogP contribution < -0.4 is 9.47 Å². The summed E-state index contributed by atoms with van der Waals surface area (Å²) in [6, 6.07) is 7.53. The summed E-state index contributed by atoms with van der Waals surface area (Å²) >= 11 is 5.11. The molecule has 0 saturated heterocycles. The summed E-state index contributed by atoms with van der Waals surface area (Å²) in [6.45, 7) is 1.88. The van der Waals surface area contributed by atoms with Gasteiger partial charge >= 0.3 is 0 Å². The van der Waals surface area contributed by atoms with Crippen LogP contribution in [0.5, 0.6) is 11.5 Å². The lowest BCUT2D eigenvalue weighted by atomic mass is 10.1. The lowest BCUT2D eigenvalue weighted by Crippen LogP contribution is -1.94. The third kappa shape index (κ3) is 2.51. The Hall–Kier alpha value is -1.88. The molecule has 0 atom stereocenters. The first kappa shape index (κ1) is 12.6. The predicted octanol–water partition coefficient (Wildman–Crippen LogP) is 3.13. The zero-order chi connectivity index (χ0) is 13.1. The first-order valence-electron chi connectivity index (χ1n) is 5.44. The number of aryl methyl sites for hydroxylation is 1. The molecule has 1 aromatic carbocycles. The quantitative estimate of drug-likeness (QED) is 0.863. The van der Waals surface area contributed by atoms with Crippen molar-refractivity contribution in [3.05, 3.63) is 34.7 Å². The molecule has 5 heteroatoms. The topological polar surface area (TPSA) is 47.1 Å². The van der Waals surface area contributed by atoms with Crippen molar-refractivity contribution < 1.29 is 9.47 Å². The van der Waals surface area contributed by atoms with Crippen molar-refractivity contribution in [2.24, 2.45) is 0 Å². The Morgan fingerprint density at radius 2 is 1.83 bits per heavy atom. The standard InChI is InChI=1S/C13H14N2O2S/c1-8-14-10(7-13(18)15-8)9-4-5-11(16-2)12(6-9)17-3/h4-7H,1-3H3,(H,14,15,18). The fraction of sp³-hybridized carbons (Fsp3) is 0.231. The third-order valence-electron chi connectivity index (χ3n) is 2.56. The van der Waals surface area contributed by atoms with E-state index in [4.69, 9.17) is 21.7 Å². The first-order chi connectivity index (χ1) is 8.63. The summed E-state index contributed by atoms with van der Waals surface area (Å²) in [5.41, 5.74) is 1.89. The Morgan fingerprint density at radius 3 is 2.44 bits per heavy atom. The Balaban J connectivity index is 2.54. The van der Waals surface area contributed by atoms with Crippen molar-refractivity contribution in [3.8, 4) is 22.8 Å². The van der Waals surface area contributed by atoms with Gasteiger partial charge in [-0.25, -0.2) is 4.98 Å². The van der Waals surface area contributed by atoms with Gasteiger partial charge in [0.05, 0.1) is 14.2 Å². The fourth-order valence-corrected chi connectivity index (χ4v) is 1.99. The van der Waals surface area contributed by atoms with Gasteiger partial charge < -0.3 is 14.5 Å². The van der Waals surface area contributed by atoms with Crippen LogP contribution in [0.2, 0.25) is 0 Å². The molecule has 0 bridgehead atoms. The predicted molar refractivity (Wildman–Crippen MR) is 72.7 cm³/mol. The number of aromatic amines is 1. The zero-order valence-corrected chi connectivity index (χ0v) is 11.3. The maximum atomic E-state index is 5.28. The molecule has 0 unspecified atom stereocenters. The fourth-order valence-electron chi connectivity index (χ4n) is 1.74. The highest BCUT2D eigenvalue weighted by molar-refractivity contribution is 7.71. The Labute approximate surface area is 111 Å². The van der Waals surface area contributed by atoms with E-state index in [1.165, 1.54) is 0 Å². The minimum absolute atomic E-state index is 0.566. The van der Waals surface area contributed by atoms with Crippen LogP contribution in [-0.4, -0.2) is 24.2 Å². The minimum Gasteiger partial charge on any atom is -0.493 e. The van der Waals surface area contributed by atoms with Crippen molar-refractivity contribution in [2.75, 3.05) is 14.2 Å². The zero-order valence-electron chi connectivity index (χ0n) is 10.5. The van der Waals surface area contributed by atoms with E-state index in [-0.39, 0.29) is 0 Å². The Morgan fingerprint density at radius 1 is 1.11 bits per heavy atom. The summed E-state index contributed by atoms with van der Waals surface area (Å²) < 4.78 is 11.1. The van der Waals surface area contributed by atoms with Gasteiger partial charge in [0.1, 0.15) is 10.5 Å². The molecule has 0 saturated carbocycles. The monoisotopic (exact) mass is 262 g/mol. The molecule has 0 aliphatic heterocycles. The van der Waals surface area contributed by atoms with E-state index in [1.807, 2.05) is 31.2 Å². The number of methoxy groups -OCH3 is 2. The number of hydrogen-bond donors (Lipinski definition) is 1. The van der Waals surface area contributed by atoms with Crippen molar-refractivity contribution >= 4 is 12.2 Å². The van der Waals surface area contributed by atoms with E-state index in [0.29, 0.717) is 16.1 Å². The van der Waals surface area contributed by atoms with Crippen LogP contribution in [0.3, 0.4) is 0 Å². The van der Waals surface area contributed by atoms with E-state index in [1.54, 1.807) is 14.2 Å². The van der Waals surface area contributed by atoms with Crippen molar-refractivity contribution in [3.63, 3.8) is 0 Å². The van der Waals surface area contributed by atoms with Gasteiger partial charge in [-0.3, -0.25) is 0 Å². The summed E-state index contributed by atoms with van der Waals surface area (Å²) in [7, 11) is 3.23. The molecule has 0 amide bonds. The van der Waals surface area contributed by atoms with Gasteiger partial charge in [0, 0.05) is 11.3 Å². The van der Waals surface area contributed by atoms with Crippen LogP contribution in [0, 0.1) is 11.6 Å². The van der Waals surface area contributed by atoms with Gasteiger partial charge in [0.25, 0.3) is 0 Å². The molecular weight excluding hydrogens is 248 g/mol. The Bertz CT molecular complexity index is 623. The molecule has 1 N–H and O–H groups in total. The third-order valence-corrected chi connectivity index (χ3v) is 2.76. The number of nitrogens with zero attached hydrogens (tertiary/aromatic N) is 1. The molecule has 0 aliphatic carbocycles. The maximum absolute atomic E-state index is 5.28. The second kappa shape index (κ2) is 5.18. The van der Waals surface area contributed by atoms with Crippen LogP contribution in [0.1, 0.15) is 5.82 Å². The number of hydrogen-bond acceptors (Lipinski definition) is 4. The number of rotatable bonds is 3. The van der Waals surface area contributed by atoms with Crippen molar-refractivity contribution in [2.45, 2.75) is 6.92 Å². The van der Waals surface area contributed by atoms with Crippen LogP contribution in [0.25, 0.3) is 11.3 Å². The van der Waals surface area contributed by atoms with E-state index < -0.39 is 0 Å². The number of benzene rings is 1. The van der Waals surface area contributed by atoms with Crippen LogP contribution in [0.15, 0.2) is 24.3 Å². The van der Waals surface area contributed by atoms with Gasteiger partial charge in [0.15, 0.2) is 11.5 Å². The highest BCUT2D eigenvalue weighted by Crippen LogP contribution is 2.31. The molecule has 1 aromatic heterocycles. The first-order valence-corrected chi connectivity index (χ1v) is 5.85. The molecule has 0 radical (unpaired) electrons. The molecule has 0 fully saturated rings. The van der Waals surface area contributed by atoms with Crippen molar-refractivity contribution in [1.29, 1.82) is 0 Å². The SMILES string of the molecule is COc1ccc(-c2cc(=S)nc(C)[nH]2)cc1OC. The lowest BCUT2D eigenvalue weighted by Gasteiger charge is -2.10. The van der Waals surface area contributed by atoms with E-state index in [0.717, 1.165) is 17.1 Å². The highest BCUT2D eigenvalue weighted by atomic mass is 32.1. The van der Waals surface area contributed by atoms with E-state index in [9.17, 15) is 0 Å². The second-order valence-electron chi connectivity index (χ2n) is 3.79. The van der Waals surface area contributed by atoms with Gasteiger partial charge in [-0.05, 0) is 31.2 Å².